The first-order chi connectivity index (χ1) is 6.33. The molecule has 2 aromatic rings. The number of aryl methyl sites for hydroxylation is 1. The number of fused-ring (bicyclic) bond motifs is 1. The van der Waals surface area contributed by atoms with Crippen molar-refractivity contribution >= 4 is 21.6 Å². The van der Waals surface area contributed by atoms with Crippen molar-refractivity contribution in [2.75, 3.05) is 0 Å². The highest BCUT2D eigenvalue weighted by atomic mass is 32.1. The van der Waals surface area contributed by atoms with Gasteiger partial charge < -0.3 is 4.57 Å². The lowest BCUT2D eigenvalue weighted by molar-refractivity contribution is 0.871. The van der Waals surface area contributed by atoms with Gasteiger partial charge in [-0.25, -0.2) is 0 Å². The Hall–Kier alpha value is -1.49. The smallest absolute Gasteiger partial charge is 0.213 e. The molecule has 0 amide bonds. The number of rotatable bonds is 1. The average molecular weight is 191 g/mol. The zero-order valence-electron chi connectivity index (χ0n) is 7.01. The van der Waals surface area contributed by atoms with E-state index in [1.165, 1.54) is 11.3 Å². The van der Waals surface area contributed by atoms with E-state index in [-0.39, 0.29) is 0 Å². The summed E-state index contributed by atoms with van der Waals surface area (Å²) in [4.78, 5) is 0.684. The summed E-state index contributed by atoms with van der Waals surface area (Å²) in [7, 11) is 1.89. The monoisotopic (exact) mass is 191 g/mol. The first-order valence-corrected chi connectivity index (χ1v) is 4.57. The van der Waals surface area contributed by atoms with Crippen molar-refractivity contribution < 1.29 is 0 Å². The lowest BCUT2D eigenvalue weighted by Crippen LogP contribution is -2.08. The van der Waals surface area contributed by atoms with Crippen LogP contribution < -0.4 is 10.3 Å². The van der Waals surface area contributed by atoms with Crippen molar-refractivity contribution in [3.05, 3.63) is 29.1 Å². The second kappa shape index (κ2) is 3.10. The molecule has 1 heterocycles. The molecule has 0 aliphatic carbocycles. The van der Waals surface area contributed by atoms with Crippen molar-refractivity contribution in [2.24, 2.45) is 17.4 Å². The van der Waals surface area contributed by atoms with Crippen LogP contribution in [0, 0.1) is 0 Å². The zero-order chi connectivity index (χ0) is 9.26. The maximum atomic E-state index is 8.32. The second-order valence-electron chi connectivity index (χ2n) is 2.60. The van der Waals surface area contributed by atoms with Gasteiger partial charge in [-0.15, -0.1) is 0 Å². The lowest BCUT2D eigenvalue weighted by atomic mass is 10.3. The highest BCUT2D eigenvalue weighted by molar-refractivity contribution is 7.16. The molecular weight excluding hydrogens is 184 g/mol. The first kappa shape index (κ1) is 8.12. The number of hydrogen-bond acceptors (Lipinski definition) is 2. The third kappa shape index (κ3) is 1.27. The number of hydrogen-bond donors (Lipinski definition) is 0. The van der Waals surface area contributed by atoms with Crippen LogP contribution in [0.25, 0.3) is 10.2 Å². The molecule has 4 nitrogen and oxygen atoms in total. The lowest BCUT2D eigenvalue weighted by Gasteiger charge is -1.91. The van der Waals surface area contributed by atoms with Crippen LogP contribution in [-0.2, 0) is 7.05 Å². The Morgan fingerprint density at radius 2 is 2.15 bits per heavy atom. The van der Waals surface area contributed by atoms with Crippen LogP contribution in [0.5, 0.6) is 0 Å². The molecule has 0 N–H and O–H groups in total. The van der Waals surface area contributed by atoms with E-state index in [9.17, 15) is 0 Å². The maximum Gasteiger partial charge on any atom is 0.213 e. The van der Waals surface area contributed by atoms with Crippen LogP contribution in [0.1, 0.15) is 0 Å². The van der Waals surface area contributed by atoms with Gasteiger partial charge in [-0.2, -0.15) is 0 Å². The van der Waals surface area contributed by atoms with Crippen LogP contribution in [-0.4, -0.2) is 4.57 Å². The van der Waals surface area contributed by atoms with Crippen LogP contribution >= 0.6 is 11.3 Å². The predicted octanol–water partition coefficient (Wildman–Crippen LogP) is 1.31. The van der Waals surface area contributed by atoms with Crippen molar-refractivity contribution in [3.63, 3.8) is 0 Å². The van der Waals surface area contributed by atoms with Crippen LogP contribution in [0.3, 0.4) is 0 Å². The van der Waals surface area contributed by atoms with E-state index in [4.69, 9.17) is 5.53 Å². The minimum absolute atomic E-state index is 0.684. The van der Waals surface area contributed by atoms with E-state index < -0.39 is 0 Å². The molecule has 1 aromatic carbocycles. The molecule has 1 radical (unpaired) electrons. The Morgan fingerprint density at radius 3 is 2.85 bits per heavy atom. The summed E-state index contributed by atoms with van der Waals surface area (Å²) < 4.78 is 3.02. The predicted molar refractivity (Wildman–Crippen MR) is 50.9 cm³/mol. The van der Waals surface area contributed by atoms with Crippen LogP contribution in [0.2, 0.25) is 0 Å². The van der Waals surface area contributed by atoms with Crippen molar-refractivity contribution in [1.82, 2.24) is 10.1 Å². The molecule has 0 bridgehead atoms. The normalized spacial score (nSPS) is 12.2. The Balaban J connectivity index is 2.89. The van der Waals surface area contributed by atoms with Crippen molar-refractivity contribution in [2.45, 2.75) is 0 Å². The largest absolute Gasteiger partial charge is 0.318 e. The number of benzene rings is 1. The van der Waals surface area contributed by atoms with Gasteiger partial charge >= 0.3 is 0 Å². The van der Waals surface area contributed by atoms with E-state index in [1.54, 1.807) is 0 Å². The molecule has 5 heteroatoms. The van der Waals surface area contributed by atoms with Crippen LogP contribution in [0.15, 0.2) is 34.6 Å². The number of thiazole rings is 1. The molecule has 0 atom stereocenters. The van der Waals surface area contributed by atoms with Gasteiger partial charge in [-0.3, -0.25) is 0 Å². The Labute approximate surface area is 78.7 Å². The summed E-state index contributed by atoms with van der Waals surface area (Å²) in [6.45, 7) is 0. The third-order valence-electron chi connectivity index (χ3n) is 1.85. The summed E-state index contributed by atoms with van der Waals surface area (Å²) in [5.41, 5.74) is 9.41. The van der Waals surface area contributed by atoms with E-state index in [2.05, 4.69) is 10.3 Å². The quantitative estimate of drug-likeness (QED) is 0.482. The van der Waals surface area contributed by atoms with Crippen LogP contribution in [0.4, 0.5) is 0 Å². The number of para-hydroxylation sites is 1. The standard InChI is InChI=1S/C8H7N4S/c1-12-6-4-2-3-5-7(6)13-8(12)10-11-9/h2-5H,1H3. The summed E-state index contributed by atoms with van der Waals surface area (Å²) >= 11 is 1.49. The van der Waals surface area contributed by atoms with Gasteiger partial charge in [0, 0.05) is 7.05 Å². The molecule has 0 spiro atoms. The van der Waals surface area contributed by atoms with Gasteiger partial charge in [-0.1, -0.05) is 28.6 Å². The minimum atomic E-state index is 0.684. The maximum absolute atomic E-state index is 8.32. The Kier molecular flexibility index (Phi) is 1.94. The third-order valence-corrected chi connectivity index (χ3v) is 2.95. The molecule has 0 aliphatic rings. The number of nitrogens with zero attached hydrogens (tertiary/aromatic N) is 4. The highest BCUT2D eigenvalue weighted by Crippen LogP contribution is 2.14. The SMILES string of the molecule is Cn1c(=NN=[N])sc2ccccc21. The Morgan fingerprint density at radius 1 is 1.38 bits per heavy atom. The average Bonchev–Trinajstić information content (AvgIpc) is 2.46. The van der Waals surface area contributed by atoms with Gasteiger partial charge in [0.05, 0.1) is 10.2 Å². The molecule has 2 rings (SSSR count). The molecular formula is C8H7N4S. The van der Waals surface area contributed by atoms with E-state index in [0.717, 1.165) is 10.2 Å². The fraction of sp³-hybridized carbons (Fsp3) is 0.125. The summed E-state index contributed by atoms with van der Waals surface area (Å²) in [5, 5.41) is 6.38. The van der Waals surface area contributed by atoms with Crippen molar-refractivity contribution in [1.29, 1.82) is 0 Å². The summed E-state index contributed by atoms with van der Waals surface area (Å²) in [6.07, 6.45) is 0. The molecule has 0 saturated carbocycles. The molecule has 13 heavy (non-hydrogen) atoms. The van der Waals surface area contributed by atoms with Gasteiger partial charge in [0.25, 0.3) is 0 Å². The highest BCUT2D eigenvalue weighted by Gasteiger charge is 1.99. The van der Waals surface area contributed by atoms with E-state index >= 15 is 0 Å². The van der Waals surface area contributed by atoms with Gasteiger partial charge in [0.15, 0.2) is 0 Å². The van der Waals surface area contributed by atoms with Gasteiger partial charge in [0.2, 0.25) is 4.80 Å². The zero-order valence-corrected chi connectivity index (χ0v) is 7.82. The molecule has 0 saturated heterocycles. The summed E-state index contributed by atoms with van der Waals surface area (Å²) in [5.74, 6) is 0. The first-order valence-electron chi connectivity index (χ1n) is 3.75. The topological polar surface area (TPSA) is 52.0 Å². The van der Waals surface area contributed by atoms with Crippen molar-refractivity contribution in [3.8, 4) is 0 Å². The fourth-order valence-corrected chi connectivity index (χ4v) is 2.18. The molecule has 1 aromatic heterocycles. The minimum Gasteiger partial charge on any atom is -0.318 e. The molecule has 65 valence electrons. The fourth-order valence-electron chi connectivity index (χ4n) is 1.22. The van der Waals surface area contributed by atoms with E-state index in [0.29, 0.717) is 4.80 Å². The second-order valence-corrected chi connectivity index (χ2v) is 3.61. The molecule has 0 unspecified atom stereocenters. The summed E-state index contributed by atoms with van der Waals surface area (Å²) in [6, 6.07) is 7.95. The molecule has 0 fully saturated rings. The number of aromatic nitrogens is 1. The van der Waals surface area contributed by atoms with E-state index in [1.807, 2.05) is 35.9 Å². The van der Waals surface area contributed by atoms with Gasteiger partial charge in [0.1, 0.15) is 0 Å². The Bertz CT molecular complexity index is 508. The molecule has 0 aliphatic heterocycles. The van der Waals surface area contributed by atoms with Gasteiger partial charge in [-0.05, 0) is 22.9 Å².